The van der Waals surface area contributed by atoms with Crippen LogP contribution < -0.4 is 9.64 Å². The Hall–Kier alpha value is -2.24. The third-order valence-electron chi connectivity index (χ3n) is 2.45. The summed E-state index contributed by atoms with van der Waals surface area (Å²) in [6.07, 6.45) is 0. The molecule has 1 aromatic rings. The van der Waals surface area contributed by atoms with Gasteiger partial charge < -0.3 is 14.7 Å². The van der Waals surface area contributed by atoms with E-state index in [1.807, 2.05) is 0 Å². The Kier molecular flexibility index (Phi) is 4.53. The van der Waals surface area contributed by atoms with E-state index in [4.69, 9.17) is 9.84 Å². The van der Waals surface area contributed by atoms with E-state index in [0.29, 0.717) is 11.4 Å². The van der Waals surface area contributed by atoms with Crippen LogP contribution in [0.15, 0.2) is 24.3 Å². The second-order valence-electron chi connectivity index (χ2n) is 3.79. The normalized spacial score (nSPS) is 9.72. The van der Waals surface area contributed by atoms with Crippen molar-refractivity contribution in [2.45, 2.75) is 0 Å². The van der Waals surface area contributed by atoms with Gasteiger partial charge in [-0.3, -0.25) is 9.69 Å². The fraction of sp³-hybridized carbons (Fsp3) is 0.333. The number of carbonyl (C=O) groups is 2. The molecule has 18 heavy (non-hydrogen) atoms. The number of hydrogen-bond donors (Lipinski definition) is 1. The van der Waals surface area contributed by atoms with Gasteiger partial charge in [-0.25, -0.2) is 4.79 Å². The second-order valence-corrected chi connectivity index (χ2v) is 3.79. The number of rotatable bonds is 4. The Labute approximate surface area is 105 Å². The molecule has 2 amide bonds. The Morgan fingerprint density at radius 1 is 1.22 bits per heavy atom. The number of aliphatic carboxylic acids is 1. The molecular formula is C12H16N2O4. The second kappa shape index (κ2) is 5.90. The van der Waals surface area contributed by atoms with Crippen molar-refractivity contribution < 1.29 is 19.4 Å². The summed E-state index contributed by atoms with van der Waals surface area (Å²) < 4.78 is 5.02. The predicted octanol–water partition coefficient (Wildman–Crippen LogP) is 1.27. The predicted molar refractivity (Wildman–Crippen MR) is 67.1 cm³/mol. The van der Waals surface area contributed by atoms with Crippen molar-refractivity contribution in [3.05, 3.63) is 24.3 Å². The lowest BCUT2D eigenvalue weighted by Gasteiger charge is -2.23. The largest absolute Gasteiger partial charge is 0.497 e. The molecule has 98 valence electrons. The zero-order valence-electron chi connectivity index (χ0n) is 10.6. The van der Waals surface area contributed by atoms with Crippen LogP contribution in [0.1, 0.15) is 0 Å². The van der Waals surface area contributed by atoms with Crippen molar-refractivity contribution in [1.29, 1.82) is 0 Å². The van der Waals surface area contributed by atoms with Crippen LogP contribution in [-0.2, 0) is 4.79 Å². The molecule has 0 radical (unpaired) electrons. The summed E-state index contributed by atoms with van der Waals surface area (Å²) in [5.74, 6) is -0.354. The molecule has 0 fully saturated rings. The Morgan fingerprint density at radius 2 is 1.78 bits per heavy atom. The van der Waals surface area contributed by atoms with E-state index in [1.54, 1.807) is 38.4 Å². The highest BCUT2D eigenvalue weighted by atomic mass is 16.5. The van der Waals surface area contributed by atoms with E-state index >= 15 is 0 Å². The van der Waals surface area contributed by atoms with Gasteiger partial charge in [0.15, 0.2) is 0 Å². The average molecular weight is 252 g/mol. The number of ether oxygens (including phenoxy) is 1. The summed E-state index contributed by atoms with van der Waals surface area (Å²) in [6, 6.07) is 6.53. The van der Waals surface area contributed by atoms with Crippen molar-refractivity contribution in [1.82, 2.24) is 4.90 Å². The lowest BCUT2D eigenvalue weighted by Crippen LogP contribution is -2.41. The fourth-order valence-corrected chi connectivity index (χ4v) is 1.44. The van der Waals surface area contributed by atoms with Crippen LogP contribution in [0, 0.1) is 0 Å². The molecule has 6 heteroatoms. The molecule has 6 nitrogen and oxygen atoms in total. The van der Waals surface area contributed by atoms with Gasteiger partial charge in [0.25, 0.3) is 0 Å². The average Bonchev–Trinajstić information content (AvgIpc) is 2.36. The van der Waals surface area contributed by atoms with Crippen LogP contribution in [0.25, 0.3) is 0 Å². The molecule has 0 bridgehead atoms. The number of hydrogen-bond acceptors (Lipinski definition) is 3. The molecule has 0 atom stereocenters. The Balaban J connectivity index is 2.75. The minimum absolute atomic E-state index is 0.334. The van der Waals surface area contributed by atoms with Gasteiger partial charge in [-0.2, -0.15) is 0 Å². The van der Waals surface area contributed by atoms with Crippen LogP contribution in [0.4, 0.5) is 10.5 Å². The molecule has 1 aromatic carbocycles. The van der Waals surface area contributed by atoms with Crippen molar-refractivity contribution in [2.24, 2.45) is 0 Å². The highest BCUT2D eigenvalue weighted by Gasteiger charge is 2.17. The lowest BCUT2D eigenvalue weighted by molar-refractivity contribution is -0.137. The first-order valence-corrected chi connectivity index (χ1v) is 5.30. The van der Waals surface area contributed by atoms with E-state index in [1.165, 1.54) is 11.9 Å². The van der Waals surface area contributed by atoms with Crippen LogP contribution in [0.3, 0.4) is 0 Å². The monoisotopic (exact) mass is 252 g/mol. The first kappa shape index (κ1) is 13.8. The maximum atomic E-state index is 11.9. The Bertz CT molecular complexity index is 430. The van der Waals surface area contributed by atoms with Crippen LogP contribution >= 0.6 is 0 Å². The molecule has 0 aliphatic rings. The summed E-state index contributed by atoms with van der Waals surface area (Å²) >= 11 is 0. The third kappa shape index (κ3) is 3.38. The molecular weight excluding hydrogens is 236 g/mol. The lowest BCUT2D eigenvalue weighted by atomic mass is 10.3. The van der Waals surface area contributed by atoms with Gasteiger partial charge in [-0.1, -0.05) is 0 Å². The van der Waals surface area contributed by atoms with Gasteiger partial charge in [0.05, 0.1) is 7.11 Å². The van der Waals surface area contributed by atoms with Gasteiger partial charge >= 0.3 is 12.0 Å². The summed E-state index contributed by atoms with van der Waals surface area (Å²) in [7, 11) is 4.59. The van der Waals surface area contributed by atoms with Crippen LogP contribution in [0.2, 0.25) is 0 Å². The number of nitrogens with zero attached hydrogens (tertiary/aromatic N) is 2. The summed E-state index contributed by atoms with van der Waals surface area (Å²) in [5.41, 5.74) is 0.665. The number of likely N-dealkylation sites (N-methyl/N-ethyl adjacent to an activating group) is 1. The number of urea groups is 1. The zero-order valence-corrected chi connectivity index (χ0v) is 10.6. The van der Waals surface area contributed by atoms with Crippen molar-refractivity contribution >= 4 is 17.7 Å². The molecule has 0 unspecified atom stereocenters. The minimum Gasteiger partial charge on any atom is -0.497 e. The first-order valence-electron chi connectivity index (χ1n) is 5.30. The fourth-order valence-electron chi connectivity index (χ4n) is 1.44. The molecule has 0 spiro atoms. The van der Waals surface area contributed by atoms with Gasteiger partial charge in [0.2, 0.25) is 0 Å². The first-order chi connectivity index (χ1) is 8.45. The maximum Gasteiger partial charge on any atom is 0.324 e. The SMILES string of the molecule is COc1ccc(N(C)C(=O)N(C)CC(=O)O)cc1. The van der Waals surface area contributed by atoms with E-state index in [0.717, 1.165) is 4.90 Å². The topological polar surface area (TPSA) is 70.1 Å². The van der Waals surface area contributed by atoms with Gasteiger partial charge in [0.1, 0.15) is 12.3 Å². The summed E-state index contributed by atoms with van der Waals surface area (Å²) in [4.78, 5) is 24.9. The number of benzene rings is 1. The van der Waals surface area contributed by atoms with E-state index in [2.05, 4.69) is 0 Å². The molecule has 0 aliphatic carbocycles. The molecule has 0 saturated carbocycles. The summed E-state index contributed by atoms with van der Waals surface area (Å²) in [5, 5.41) is 8.62. The highest BCUT2D eigenvalue weighted by molar-refractivity contribution is 5.93. The molecule has 0 heterocycles. The quantitative estimate of drug-likeness (QED) is 0.876. The van der Waals surface area contributed by atoms with Gasteiger partial charge in [-0.15, -0.1) is 0 Å². The standard InChI is InChI=1S/C12H16N2O4/c1-13(8-11(15)16)12(17)14(2)9-4-6-10(18-3)7-5-9/h4-7H,8H2,1-3H3,(H,15,16). The maximum absolute atomic E-state index is 11.9. The van der Waals surface area contributed by atoms with Gasteiger partial charge in [0, 0.05) is 19.8 Å². The minimum atomic E-state index is -1.05. The number of anilines is 1. The van der Waals surface area contributed by atoms with Crippen molar-refractivity contribution in [3.8, 4) is 5.75 Å². The van der Waals surface area contributed by atoms with Gasteiger partial charge in [-0.05, 0) is 24.3 Å². The molecule has 0 saturated heterocycles. The number of carboxylic acid groups (broad SMARTS) is 1. The Morgan fingerprint density at radius 3 is 2.22 bits per heavy atom. The molecule has 1 N–H and O–H groups in total. The number of carboxylic acids is 1. The van der Waals surface area contributed by atoms with Crippen LogP contribution in [-0.4, -0.2) is 49.8 Å². The third-order valence-corrected chi connectivity index (χ3v) is 2.45. The van der Waals surface area contributed by atoms with Crippen molar-refractivity contribution in [3.63, 3.8) is 0 Å². The van der Waals surface area contributed by atoms with Crippen molar-refractivity contribution in [2.75, 3.05) is 32.6 Å². The highest BCUT2D eigenvalue weighted by Crippen LogP contribution is 2.18. The number of amides is 2. The van der Waals surface area contributed by atoms with E-state index < -0.39 is 5.97 Å². The summed E-state index contributed by atoms with van der Waals surface area (Å²) in [6.45, 7) is -0.334. The number of carbonyl (C=O) groups excluding carboxylic acids is 1. The molecule has 0 aromatic heterocycles. The smallest absolute Gasteiger partial charge is 0.324 e. The van der Waals surface area contributed by atoms with E-state index in [-0.39, 0.29) is 12.6 Å². The number of methoxy groups -OCH3 is 1. The van der Waals surface area contributed by atoms with E-state index in [9.17, 15) is 9.59 Å². The molecule has 1 rings (SSSR count). The van der Waals surface area contributed by atoms with Crippen LogP contribution in [0.5, 0.6) is 5.75 Å². The zero-order chi connectivity index (χ0) is 13.7. The molecule has 0 aliphatic heterocycles.